The van der Waals surface area contributed by atoms with Gasteiger partial charge in [0.15, 0.2) is 11.5 Å². The number of carbonyl (C=O) groups excluding carboxylic acids is 1. The summed E-state index contributed by atoms with van der Waals surface area (Å²) in [6.45, 7) is 0.322. The molecule has 0 atom stereocenters. The van der Waals surface area contributed by atoms with Gasteiger partial charge >= 0.3 is 0 Å². The molecule has 4 rings (SSSR count). The van der Waals surface area contributed by atoms with Crippen molar-refractivity contribution in [3.05, 3.63) is 70.9 Å². The summed E-state index contributed by atoms with van der Waals surface area (Å²) in [6, 6.07) is 14.7. The summed E-state index contributed by atoms with van der Waals surface area (Å²) in [5, 5.41) is 6.83. The fourth-order valence-electron chi connectivity index (χ4n) is 2.96. The first-order chi connectivity index (χ1) is 15.1. The number of amides is 1. The molecule has 4 aromatic rings. The molecule has 0 fully saturated rings. The van der Waals surface area contributed by atoms with Crippen molar-refractivity contribution in [3.8, 4) is 33.7 Å². The van der Waals surface area contributed by atoms with Gasteiger partial charge in [-0.15, -0.1) is 11.3 Å². The third-order valence-electron chi connectivity index (χ3n) is 4.47. The largest absolute Gasteiger partial charge is 0.493 e. The van der Waals surface area contributed by atoms with E-state index < -0.39 is 0 Å². The Labute approximate surface area is 181 Å². The molecule has 0 saturated carbocycles. The number of nitrogens with one attached hydrogen (secondary N) is 1. The summed E-state index contributed by atoms with van der Waals surface area (Å²) in [4.78, 5) is 18.7. The predicted molar refractivity (Wildman–Crippen MR) is 114 cm³/mol. The van der Waals surface area contributed by atoms with Crippen molar-refractivity contribution >= 4 is 17.2 Å². The third-order valence-corrected chi connectivity index (χ3v) is 5.54. The van der Waals surface area contributed by atoms with Crippen LogP contribution in [-0.4, -0.2) is 30.3 Å². The number of rotatable bonds is 7. The lowest BCUT2D eigenvalue weighted by atomic mass is 10.1. The Kier molecular flexibility index (Phi) is 5.94. The van der Waals surface area contributed by atoms with E-state index in [0.29, 0.717) is 40.9 Å². The minimum Gasteiger partial charge on any atom is -0.493 e. The first kappa shape index (κ1) is 20.5. The summed E-state index contributed by atoms with van der Waals surface area (Å²) >= 11 is 1.42. The number of nitrogens with zero attached hydrogens (tertiary/aromatic N) is 2. The van der Waals surface area contributed by atoms with Crippen molar-refractivity contribution in [2.45, 2.75) is 6.54 Å². The van der Waals surface area contributed by atoms with Gasteiger partial charge in [0.05, 0.1) is 31.2 Å². The lowest BCUT2D eigenvalue weighted by molar-refractivity contribution is 0.0947. The lowest BCUT2D eigenvalue weighted by Gasteiger charge is -2.12. The summed E-state index contributed by atoms with van der Waals surface area (Å²) in [5.41, 5.74) is 1.05. The molecule has 0 radical (unpaired) electrons. The quantitative estimate of drug-likeness (QED) is 0.455. The second kappa shape index (κ2) is 8.97. The van der Waals surface area contributed by atoms with E-state index in [2.05, 4.69) is 15.5 Å². The van der Waals surface area contributed by atoms with Gasteiger partial charge in [-0.2, -0.15) is 4.98 Å². The molecule has 0 aliphatic heterocycles. The SMILES string of the molecule is COc1cccc(C(=O)NCc2ccc(-c3nc(-c4ccc(F)cc4)no3)s2)c1OC. The number of hydrogen-bond acceptors (Lipinski definition) is 7. The van der Waals surface area contributed by atoms with Crippen LogP contribution in [0.25, 0.3) is 22.2 Å². The fraction of sp³-hybridized carbons (Fsp3) is 0.136. The number of carbonyl (C=O) groups is 1. The van der Waals surface area contributed by atoms with Crippen LogP contribution < -0.4 is 14.8 Å². The smallest absolute Gasteiger partial charge is 0.268 e. The van der Waals surface area contributed by atoms with E-state index in [0.717, 1.165) is 9.75 Å². The molecular formula is C22H18FN3O4S. The van der Waals surface area contributed by atoms with E-state index >= 15 is 0 Å². The van der Waals surface area contributed by atoms with Gasteiger partial charge in [0.2, 0.25) is 5.82 Å². The zero-order chi connectivity index (χ0) is 21.8. The molecule has 158 valence electrons. The molecule has 31 heavy (non-hydrogen) atoms. The molecule has 1 amide bonds. The van der Waals surface area contributed by atoms with Gasteiger partial charge in [-0.05, 0) is 48.5 Å². The molecule has 0 bridgehead atoms. The normalized spacial score (nSPS) is 10.7. The van der Waals surface area contributed by atoms with Gasteiger partial charge in [0.1, 0.15) is 5.82 Å². The highest BCUT2D eigenvalue weighted by molar-refractivity contribution is 7.15. The number of benzene rings is 2. The molecule has 0 aliphatic carbocycles. The second-order valence-corrected chi connectivity index (χ2v) is 7.59. The number of thiophene rings is 1. The van der Waals surface area contributed by atoms with Gasteiger partial charge in [-0.1, -0.05) is 11.2 Å². The Balaban J connectivity index is 1.44. The number of para-hydroxylation sites is 1. The van der Waals surface area contributed by atoms with Crippen molar-refractivity contribution in [3.63, 3.8) is 0 Å². The van der Waals surface area contributed by atoms with E-state index in [1.54, 1.807) is 30.3 Å². The summed E-state index contributed by atoms with van der Waals surface area (Å²) in [5.74, 6) is 1.00. The highest BCUT2D eigenvalue weighted by atomic mass is 32.1. The van der Waals surface area contributed by atoms with Crippen LogP contribution >= 0.6 is 11.3 Å². The molecule has 0 aliphatic rings. The Hall–Kier alpha value is -3.72. The molecule has 0 unspecified atom stereocenters. The zero-order valence-electron chi connectivity index (χ0n) is 16.7. The Morgan fingerprint density at radius 3 is 2.65 bits per heavy atom. The lowest BCUT2D eigenvalue weighted by Crippen LogP contribution is -2.23. The van der Waals surface area contributed by atoms with Gasteiger partial charge in [-0.3, -0.25) is 4.79 Å². The minimum atomic E-state index is -0.330. The first-order valence-corrected chi connectivity index (χ1v) is 10.1. The molecule has 2 heterocycles. The highest BCUT2D eigenvalue weighted by Gasteiger charge is 2.17. The average molecular weight is 439 g/mol. The Bertz CT molecular complexity index is 1200. The van der Waals surface area contributed by atoms with Crippen LogP contribution in [0.4, 0.5) is 4.39 Å². The summed E-state index contributed by atoms with van der Waals surface area (Å²) < 4.78 is 29.0. The molecule has 7 nitrogen and oxygen atoms in total. The first-order valence-electron chi connectivity index (χ1n) is 9.27. The van der Waals surface area contributed by atoms with Crippen LogP contribution in [0.5, 0.6) is 11.5 Å². The number of aromatic nitrogens is 2. The Morgan fingerprint density at radius 1 is 1.10 bits per heavy atom. The third kappa shape index (κ3) is 4.41. The van der Waals surface area contributed by atoms with E-state index in [1.165, 1.54) is 37.7 Å². The maximum atomic E-state index is 13.1. The zero-order valence-corrected chi connectivity index (χ0v) is 17.5. The molecule has 0 spiro atoms. The van der Waals surface area contributed by atoms with E-state index in [1.807, 2.05) is 12.1 Å². The van der Waals surface area contributed by atoms with E-state index in [9.17, 15) is 9.18 Å². The van der Waals surface area contributed by atoms with Crippen molar-refractivity contribution in [2.24, 2.45) is 0 Å². The molecule has 2 aromatic heterocycles. The number of ether oxygens (including phenoxy) is 2. The van der Waals surface area contributed by atoms with Gasteiger partial charge in [-0.25, -0.2) is 4.39 Å². The van der Waals surface area contributed by atoms with Crippen LogP contribution in [0.2, 0.25) is 0 Å². The van der Waals surface area contributed by atoms with Crippen LogP contribution in [0.3, 0.4) is 0 Å². The monoisotopic (exact) mass is 439 g/mol. The van der Waals surface area contributed by atoms with Gasteiger partial charge in [0, 0.05) is 10.4 Å². The Morgan fingerprint density at radius 2 is 1.90 bits per heavy atom. The minimum absolute atomic E-state index is 0.276. The fourth-order valence-corrected chi connectivity index (χ4v) is 3.83. The number of halogens is 1. The van der Waals surface area contributed by atoms with Crippen LogP contribution in [-0.2, 0) is 6.54 Å². The van der Waals surface area contributed by atoms with E-state index in [4.69, 9.17) is 14.0 Å². The highest BCUT2D eigenvalue weighted by Crippen LogP contribution is 2.31. The standard InChI is InChI=1S/C22H18FN3O4S/c1-28-17-5-3-4-16(19(17)29-2)21(27)24-12-15-10-11-18(31-15)22-25-20(26-30-22)13-6-8-14(23)9-7-13/h3-11H,12H2,1-2H3,(H,24,27). The molecule has 2 aromatic carbocycles. The topological polar surface area (TPSA) is 86.5 Å². The van der Waals surface area contributed by atoms with Gasteiger partial charge in [0.25, 0.3) is 11.8 Å². The molecule has 1 N–H and O–H groups in total. The maximum Gasteiger partial charge on any atom is 0.268 e. The van der Waals surface area contributed by atoms with Crippen molar-refractivity contribution < 1.29 is 23.2 Å². The van der Waals surface area contributed by atoms with Crippen molar-refractivity contribution in [1.82, 2.24) is 15.5 Å². The van der Waals surface area contributed by atoms with E-state index in [-0.39, 0.29) is 11.7 Å². The van der Waals surface area contributed by atoms with Crippen molar-refractivity contribution in [2.75, 3.05) is 14.2 Å². The molecule has 9 heteroatoms. The number of methoxy groups -OCH3 is 2. The van der Waals surface area contributed by atoms with Crippen LogP contribution in [0.15, 0.2) is 59.1 Å². The predicted octanol–water partition coefficient (Wildman–Crippen LogP) is 4.55. The molecular weight excluding hydrogens is 421 g/mol. The van der Waals surface area contributed by atoms with Gasteiger partial charge < -0.3 is 19.3 Å². The molecule has 0 saturated heterocycles. The summed E-state index contributed by atoms with van der Waals surface area (Å²) in [7, 11) is 3.01. The average Bonchev–Trinajstić information content (AvgIpc) is 3.47. The maximum absolute atomic E-state index is 13.1. The van der Waals surface area contributed by atoms with Crippen LogP contribution in [0, 0.1) is 5.82 Å². The second-order valence-electron chi connectivity index (χ2n) is 6.42. The number of hydrogen-bond donors (Lipinski definition) is 1. The van der Waals surface area contributed by atoms with Crippen LogP contribution in [0.1, 0.15) is 15.2 Å². The summed E-state index contributed by atoms with van der Waals surface area (Å²) in [6.07, 6.45) is 0. The van der Waals surface area contributed by atoms with Crippen molar-refractivity contribution in [1.29, 1.82) is 0 Å².